The lowest BCUT2D eigenvalue weighted by molar-refractivity contribution is -0.122. The molecule has 0 saturated heterocycles. The molecule has 0 fully saturated rings. The van der Waals surface area contributed by atoms with Crippen LogP contribution in [0.1, 0.15) is 44.5 Å². The van der Waals surface area contributed by atoms with Gasteiger partial charge in [0.25, 0.3) is 0 Å². The zero-order chi connectivity index (χ0) is 13.4. The first-order valence-electron chi connectivity index (χ1n) is 6.72. The Labute approximate surface area is 114 Å². The Kier molecular flexibility index (Phi) is 6.98. The van der Waals surface area contributed by atoms with E-state index in [1.807, 2.05) is 18.4 Å². The van der Waals surface area contributed by atoms with E-state index in [0.717, 1.165) is 25.9 Å². The van der Waals surface area contributed by atoms with Gasteiger partial charge in [0.05, 0.1) is 12.6 Å². The van der Waals surface area contributed by atoms with Gasteiger partial charge in [-0.05, 0) is 44.3 Å². The molecule has 0 aliphatic heterocycles. The van der Waals surface area contributed by atoms with E-state index >= 15 is 0 Å². The first-order valence-corrected chi connectivity index (χ1v) is 7.60. The quantitative estimate of drug-likeness (QED) is 0.786. The highest BCUT2D eigenvalue weighted by atomic mass is 32.1. The van der Waals surface area contributed by atoms with E-state index in [9.17, 15) is 4.79 Å². The lowest BCUT2D eigenvalue weighted by Gasteiger charge is -2.21. The van der Waals surface area contributed by atoms with Crippen molar-refractivity contribution in [2.45, 2.75) is 39.7 Å². The third kappa shape index (κ3) is 5.19. The van der Waals surface area contributed by atoms with Crippen LogP contribution in [-0.4, -0.2) is 30.4 Å². The van der Waals surface area contributed by atoms with Crippen molar-refractivity contribution in [2.75, 3.05) is 19.6 Å². The predicted octanol–water partition coefficient (Wildman–Crippen LogP) is 3.05. The summed E-state index contributed by atoms with van der Waals surface area (Å²) >= 11 is 1.68. The average Bonchev–Trinajstić information content (AvgIpc) is 2.82. The molecule has 0 aliphatic rings. The summed E-state index contributed by atoms with van der Waals surface area (Å²) in [5.74, 6) is 0.123. The average molecular weight is 268 g/mol. The molecule has 1 rings (SSSR count). The number of amides is 1. The Hall–Kier alpha value is -0.870. The summed E-state index contributed by atoms with van der Waals surface area (Å²) in [6.45, 7) is 8.83. The van der Waals surface area contributed by atoms with Crippen molar-refractivity contribution >= 4 is 17.2 Å². The summed E-state index contributed by atoms with van der Waals surface area (Å²) in [5.41, 5.74) is 0. The molecule has 1 aromatic heterocycles. The van der Waals surface area contributed by atoms with Crippen LogP contribution in [0.15, 0.2) is 17.5 Å². The van der Waals surface area contributed by atoms with E-state index in [2.05, 4.69) is 30.1 Å². The molecule has 1 atom stereocenters. The van der Waals surface area contributed by atoms with Gasteiger partial charge in [0, 0.05) is 4.88 Å². The molecule has 1 amide bonds. The van der Waals surface area contributed by atoms with Crippen molar-refractivity contribution in [3.05, 3.63) is 22.4 Å². The van der Waals surface area contributed by atoms with Gasteiger partial charge in [-0.15, -0.1) is 11.3 Å². The van der Waals surface area contributed by atoms with E-state index in [1.165, 1.54) is 4.88 Å². The highest BCUT2D eigenvalue weighted by molar-refractivity contribution is 7.10. The second-order valence-corrected chi connectivity index (χ2v) is 5.56. The molecule has 18 heavy (non-hydrogen) atoms. The molecule has 0 saturated carbocycles. The molecule has 3 nitrogen and oxygen atoms in total. The molecule has 1 heterocycles. The van der Waals surface area contributed by atoms with Crippen LogP contribution >= 0.6 is 11.3 Å². The molecular weight excluding hydrogens is 244 g/mol. The number of thiophene rings is 1. The Balaban J connectivity index is 2.39. The SMILES string of the molecule is CCCN(CCC)CC(=O)NC(C)c1cccs1. The smallest absolute Gasteiger partial charge is 0.234 e. The van der Waals surface area contributed by atoms with Gasteiger partial charge in [-0.1, -0.05) is 19.9 Å². The van der Waals surface area contributed by atoms with Gasteiger partial charge in [0.2, 0.25) is 5.91 Å². The first kappa shape index (κ1) is 15.2. The lowest BCUT2D eigenvalue weighted by Crippen LogP contribution is -2.38. The third-order valence-electron chi connectivity index (χ3n) is 2.79. The van der Waals surface area contributed by atoms with Crippen molar-refractivity contribution < 1.29 is 4.79 Å². The van der Waals surface area contributed by atoms with Gasteiger partial charge in [0.15, 0.2) is 0 Å². The van der Waals surface area contributed by atoms with Crippen molar-refractivity contribution in [2.24, 2.45) is 0 Å². The number of nitrogens with zero attached hydrogens (tertiary/aromatic N) is 1. The van der Waals surface area contributed by atoms with Crippen LogP contribution in [0, 0.1) is 0 Å². The molecule has 0 aliphatic carbocycles. The van der Waals surface area contributed by atoms with Gasteiger partial charge < -0.3 is 5.32 Å². The number of nitrogens with one attached hydrogen (secondary N) is 1. The monoisotopic (exact) mass is 268 g/mol. The second kappa shape index (κ2) is 8.27. The van der Waals surface area contributed by atoms with E-state index < -0.39 is 0 Å². The molecule has 1 aromatic rings. The third-order valence-corrected chi connectivity index (χ3v) is 3.85. The van der Waals surface area contributed by atoms with Crippen LogP contribution in [0.5, 0.6) is 0 Å². The van der Waals surface area contributed by atoms with Crippen LogP contribution in [0.4, 0.5) is 0 Å². The predicted molar refractivity (Wildman–Crippen MR) is 77.9 cm³/mol. The molecule has 0 bridgehead atoms. The zero-order valence-corrected chi connectivity index (χ0v) is 12.4. The molecule has 102 valence electrons. The van der Waals surface area contributed by atoms with Gasteiger partial charge >= 0.3 is 0 Å². The molecule has 1 N–H and O–H groups in total. The highest BCUT2D eigenvalue weighted by Crippen LogP contribution is 2.17. The molecule has 1 unspecified atom stereocenters. The van der Waals surface area contributed by atoms with Crippen LogP contribution in [0.2, 0.25) is 0 Å². The summed E-state index contributed by atoms with van der Waals surface area (Å²) in [5, 5.41) is 5.10. The number of hydrogen-bond acceptors (Lipinski definition) is 3. The van der Waals surface area contributed by atoms with Crippen molar-refractivity contribution in [1.29, 1.82) is 0 Å². The fourth-order valence-corrected chi connectivity index (χ4v) is 2.74. The Morgan fingerprint density at radius 2 is 2.06 bits per heavy atom. The molecule has 0 spiro atoms. The molecular formula is C14H24N2OS. The van der Waals surface area contributed by atoms with Gasteiger partial charge in [-0.3, -0.25) is 9.69 Å². The van der Waals surface area contributed by atoms with Crippen molar-refractivity contribution in [3.8, 4) is 0 Å². The van der Waals surface area contributed by atoms with Gasteiger partial charge in [-0.2, -0.15) is 0 Å². The zero-order valence-electron chi connectivity index (χ0n) is 11.6. The molecule has 4 heteroatoms. The molecule has 0 radical (unpaired) electrons. The van der Waals surface area contributed by atoms with Crippen LogP contribution in [-0.2, 0) is 4.79 Å². The van der Waals surface area contributed by atoms with Crippen LogP contribution in [0.3, 0.4) is 0 Å². The van der Waals surface area contributed by atoms with Gasteiger partial charge in [-0.25, -0.2) is 0 Å². The summed E-state index contributed by atoms with van der Waals surface area (Å²) in [6.07, 6.45) is 2.18. The fourth-order valence-electron chi connectivity index (χ4n) is 2.00. The maximum atomic E-state index is 12.0. The minimum Gasteiger partial charge on any atom is -0.348 e. The van der Waals surface area contributed by atoms with Crippen LogP contribution < -0.4 is 5.32 Å². The number of hydrogen-bond donors (Lipinski definition) is 1. The summed E-state index contributed by atoms with van der Waals surface area (Å²) in [6, 6.07) is 4.19. The largest absolute Gasteiger partial charge is 0.348 e. The fraction of sp³-hybridized carbons (Fsp3) is 0.643. The van der Waals surface area contributed by atoms with Gasteiger partial charge in [0.1, 0.15) is 0 Å². The van der Waals surface area contributed by atoms with Crippen LogP contribution in [0.25, 0.3) is 0 Å². The standard InChI is InChI=1S/C14H24N2OS/c1-4-8-16(9-5-2)11-14(17)15-12(3)13-7-6-10-18-13/h6-7,10,12H,4-5,8-9,11H2,1-3H3,(H,15,17). The number of carbonyl (C=O) groups excluding carboxylic acids is 1. The molecule has 0 aromatic carbocycles. The van der Waals surface area contributed by atoms with E-state index in [4.69, 9.17) is 0 Å². The van der Waals surface area contributed by atoms with E-state index in [-0.39, 0.29) is 11.9 Å². The Morgan fingerprint density at radius 3 is 2.56 bits per heavy atom. The minimum atomic E-state index is 0.114. The summed E-state index contributed by atoms with van der Waals surface area (Å²) in [7, 11) is 0. The summed E-state index contributed by atoms with van der Waals surface area (Å²) < 4.78 is 0. The van der Waals surface area contributed by atoms with Crippen molar-refractivity contribution in [1.82, 2.24) is 10.2 Å². The lowest BCUT2D eigenvalue weighted by atomic mass is 10.2. The number of rotatable bonds is 8. The Morgan fingerprint density at radius 1 is 1.39 bits per heavy atom. The second-order valence-electron chi connectivity index (χ2n) is 4.58. The maximum Gasteiger partial charge on any atom is 0.234 e. The normalized spacial score (nSPS) is 12.7. The highest BCUT2D eigenvalue weighted by Gasteiger charge is 2.13. The number of carbonyl (C=O) groups is 1. The first-order chi connectivity index (χ1) is 8.67. The van der Waals surface area contributed by atoms with E-state index in [0.29, 0.717) is 6.54 Å². The van der Waals surface area contributed by atoms with E-state index in [1.54, 1.807) is 11.3 Å². The topological polar surface area (TPSA) is 32.3 Å². The Bertz CT molecular complexity index is 332. The summed E-state index contributed by atoms with van der Waals surface area (Å²) in [4.78, 5) is 15.4. The minimum absolute atomic E-state index is 0.114. The van der Waals surface area contributed by atoms with Crippen molar-refractivity contribution in [3.63, 3.8) is 0 Å². The maximum absolute atomic E-state index is 12.0.